The van der Waals surface area contributed by atoms with Gasteiger partial charge in [-0.25, -0.2) is 0 Å². The average molecular weight is 514 g/mol. The van der Waals surface area contributed by atoms with E-state index in [1.165, 1.54) is 18.9 Å². The Morgan fingerprint density at radius 2 is 1.86 bits per heavy atom. The minimum absolute atomic E-state index is 0.0597. The fourth-order valence-electron chi connectivity index (χ4n) is 7.22. The molecule has 0 radical (unpaired) electrons. The number of nitrogens with one attached hydrogen (secondary N) is 1. The van der Waals surface area contributed by atoms with E-state index in [0.29, 0.717) is 24.6 Å². The predicted octanol–water partition coefficient (Wildman–Crippen LogP) is 0.318. The number of carbonyl (C=O) groups is 3. The number of fused-ring (bicyclic) bond motifs is 3. The van der Waals surface area contributed by atoms with Crippen molar-refractivity contribution in [3.05, 3.63) is 40.2 Å². The van der Waals surface area contributed by atoms with E-state index in [0.717, 1.165) is 18.4 Å². The molecular formula is C27H35N3O7. The summed E-state index contributed by atoms with van der Waals surface area (Å²) in [6, 6.07) is 2.77. The van der Waals surface area contributed by atoms with E-state index in [1.807, 2.05) is 0 Å². The average Bonchev–Trinajstić information content (AvgIpc) is 3.34. The molecule has 0 bridgehead atoms. The summed E-state index contributed by atoms with van der Waals surface area (Å²) >= 11 is 0. The molecule has 2 fully saturated rings. The largest absolute Gasteiger partial charge is 0.508 e. The summed E-state index contributed by atoms with van der Waals surface area (Å²) in [6.07, 6.45) is 3.49. The lowest BCUT2D eigenvalue weighted by Gasteiger charge is -2.53. The maximum Gasteiger partial charge on any atom is 0.230 e. The first-order valence-electron chi connectivity index (χ1n) is 12.9. The molecule has 7 N–H and O–H groups in total. The molecule has 200 valence electrons. The summed E-state index contributed by atoms with van der Waals surface area (Å²) in [5, 5.41) is 48.2. The van der Waals surface area contributed by atoms with Gasteiger partial charge in [0.1, 0.15) is 17.4 Å². The Morgan fingerprint density at radius 1 is 1.19 bits per heavy atom. The van der Waals surface area contributed by atoms with Crippen LogP contribution in [0.15, 0.2) is 23.5 Å². The lowest BCUT2D eigenvalue weighted by molar-refractivity contribution is -0.178. The second-order valence-electron chi connectivity index (χ2n) is 11.2. The topological polar surface area (TPSA) is 173 Å². The Bertz CT molecular complexity index is 1190. The molecular weight excluding hydrogens is 478 g/mol. The van der Waals surface area contributed by atoms with Crippen LogP contribution in [0, 0.1) is 17.8 Å². The maximum atomic E-state index is 13.7. The van der Waals surface area contributed by atoms with Gasteiger partial charge >= 0.3 is 0 Å². The van der Waals surface area contributed by atoms with Crippen LogP contribution in [-0.2, 0) is 22.6 Å². The van der Waals surface area contributed by atoms with E-state index in [-0.39, 0.29) is 23.3 Å². The fraction of sp³-hybridized carbons (Fsp3) is 0.593. The summed E-state index contributed by atoms with van der Waals surface area (Å²) in [7, 11) is 3.29. The van der Waals surface area contributed by atoms with Gasteiger partial charge in [-0.15, -0.1) is 0 Å². The number of allylic oxidation sites excluding steroid dienone is 1. The van der Waals surface area contributed by atoms with Crippen molar-refractivity contribution in [3.8, 4) is 5.75 Å². The number of Topliss-reactive ketones (excluding diaryl/α,β-unsaturated/α-hetero) is 2. The van der Waals surface area contributed by atoms with Crippen LogP contribution < -0.4 is 11.1 Å². The van der Waals surface area contributed by atoms with Crippen LogP contribution in [0.3, 0.4) is 0 Å². The molecule has 10 nitrogen and oxygen atoms in total. The number of primary amides is 1. The molecule has 37 heavy (non-hydrogen) atoms. The molecule has 1 aromatic carbocycles. The highest BCUT2D eigenvalue weighted by Gasteiger charge is 2.66. The van der Waals surface area contributed by atoms with Gasteiger partial charge in [0, 0.05) is 30.1 Å². The van der Waals surface area contributed by atoms with Crippen molar-refractivity contribution in [2.45, 2.75) is 68.9 Å². The molecule has 0 heterocycles. The zero-order valence-corrected chi connectivity index (χ0v) is 21.1. The lowest BCUT2D eigenvalue weighted by atomic mass is 9.56. The minimum atomic E-state index is -2.57. The van der Waals surface area contributed by atoms with Gasteiger partial charge in [-0.3, -0.25) is 14.4 Å². The summed E-state index contributed by atoms with van der Waals surface area (Å²) in [4.78, 5) is 40.8. The number of aromatic hydroxyl groups is 1. The molecule has 1 amide bonds. The molecule has 0 aliphatic heterocycles. The van der Waals surface area contributed by atoms with E-state index in [9.17, 15) is 34.8 Å². The van der Waals surface area contributed by atoms with Crippen molar-refractivity contribution in [1.82, 2.24) is 10.2 Å². The number of benzene rings is 1. The van der Waals surface area contributed by atoms with Gasteiger partial charge in [0.2, 0.25) is 5.91 Å². The molecule has 4 aliphatic rings. The number of nitrogens with two attached hydrogens (primary N) is 1. The highest BCUT2D eigenvalue weighted by Crippen LogP contribution is 2.52. The summed E-state index contributed by atoms with van der Waals surface area (Å²) in [5.74, 6) is -7.21. The van der Waals surface area contributed by atoms with Gasteiger partial charge in [-0.1, -0.05) is 18.9 Å². The molecule has 5 rings (SSSR count). The zero-order valence-electron chi connectivity index (χ0n) is 21.1. The Kier molecular flexibility index (Phi) is 6.42. The van der Waals surface area contributed by atoms with Gasteiger partial charge < -0.3 is 36.4 Å². The Labute approximate surface area is 215 Å². The van der Waals surface area contributed by atoms with Crippen molar-refractivity contribution < 1.29 is 34.8 Å². The lowest BCUT2D eigenvalue weighted by Crippen LogP contribution is -2.71. The third-order valence-corrected chi connectivity index (χ3v) is 9.01. The van der Waals surface area contributed by atoms with E-state index < -0.39 is 58.7 Å². The van der Waals surface area contributed by atoms with Gasteiger partial charge in [0.25, 0.3) is 0 Å². The number of amides is 1. The van der Waals surface area contributed by atoms with Crippen LogP contribution in [-0.4, -0.2) is 80.7 Å². The Hall–Kier alpha value is -2.79. The molecule has 4 aliphatic carbocycles. The molecule has 2 saturated carbocycles. The van der Waals surface area contributed by atoms with Crippen molar-refractivity contribution >= 4 is 17.5 Å². The Balaban J connectivity index is 1.60. The van der Waals surface area contributed by atoms with Crippen LogP contribution in [0.25, 0.3) is 0 Å². The summed E-state index contributed by atoms with van der Waals surface area (Å²) < 4.78 is 0. The van der Waals surface area contributed by atoms with E-state index in [2.05, 4.69) is 5.32 Å². The quantitative estimate of drug-likeness (QED) is 0.303. The van der Waals surface area contributed by atoms with Crippen LogP contribution in [0.5, 0.6) is 5.75 Å². The first-order valence-corrected chi connectivity index (χ1v) is 12.9. The molecule has 0 spiro atoms. The normalized spacial score (nSPS) is 33.9. The third kappa shape index (κ3) is 3.80. The predicted molar refractivity (Wildman–Crippen MR) is 133 cm³/mol. The van der Waals surface area contributed by atoms with Gasteiger partial charge in [0.05, 0.1) is 11.7 Å². The van der Waals surface area contributed by atoms with Crippen LogP contribution in [0.2, 0.25) is 0 Å². The molecule has 10 heteroatoms. The monoisotopic (exact) mass is 513 g/mol. The standard InChI is InChI=1S/C27H35N3O7/c1-30(2)21-16-10-13-9-15-12(11-29-14-5-3-4-6-14)7-8-17(31)19(15)22(32)18(13)24(34)27(16,37)25(35)20(23(21)33)26(28)36/h7-8,13-14,16,20-21,23,29,31,33-34,37H,3-6,9-11H2,1-2H3,(H2,28,36)/t13-,16-,20?,21?,23?,27-/m0/s1. The van der Waals surface area contributed by atoms with Crippen LogP contribution in [0.4, 0.5) is 0 Å². The maximum absolute atomic E-state index is 13.7. The van der Waals surface area contributed by atoms with Gasteiger partial charge in [-0.2, -0.15) is 0 Å². The number of hydrogen-bond donors (Lipinski definition) is 6. The third-order valence-electron chi connectivity index (χ3n) is 9.01. The van der Waals surface area contributed by atoms with E-state index >= 15 is 0 Å². The number of phenols is 1. The first-order chi connectivity index (χ1) is 17.5. The highest BCUT2D eigenvalue weighted by molar-refractivity contribution is 6.15. The van der Waals surface area contributed by atoms with Gasteiger partial charge in [0.15, 0.2) is 17.2 Å². The number of aliphatic hydroxyl groups excluding tert-OH is 2. The van der Waals surface area contributed by atoms with Gasteiger partial charge in [-0.05, 0) is 62.9 Å². The minimum Gasteiger partial charge on any atom is -0.508 e. The number of carbonyl (C=O) groups excluding carboxylic acids is 3. The molecule has 0 saturated heterocycles. The molecule has 6 atom stereocenters. The smallest absolute Gasteiger partial charge is 0.230 e. The number of likely N-dealkylation sites (N-methyl/N-ethyl adjacent to an activating group) is 1. The number of nitrogens with zero attached hydrogens (tertiary/aromatic N) is 1. The first kappa shape index (κ1) is 25.8. The molecule has 0 aromatic heterocycles. The number of ketones is 2. The van der Waals surface area contributed by atoms with Crippen molar-refractivity contribution in [1.29, 1.82) is 0 Å². The zero-order chi connectivity index (χ0) is 26.8. The Morgan fingerprint density at radius 3 is 2.49 bits per heavy atom. The van der Waals surface area contributed by atoms with E-state index in [1.54, 1.807) is 25.1 Å². The van der Waals surface area contributed by atoms with Crippen LogP contribution >= 0.6 is 0 Å². The van der Waals surface area contributed by atoms with Crippen molar-refractivity contribution in [3.63, 3.8) is 0 Å². The molecule has 3 unspecified atom stereocenters. The molecule has 1 aromatic rings. The van der Waals surface area contributed by atoms with Crippen molar-refractivity contribution in [2.24, 2.45) is 23.5 Å². The second-order valence-corrected chi connectivity index (χ2v) is 11.2. The van der Waals surface area contributed by atoms with Crippen molar-refractivity contribution in [2.75, 3.05) is 14.1 Å². The number of aliphatic hydroxyl groups is 3. The van der Waals surface area contributed by atoms with E-state index in [4.69, 9.17) is 5.73 Å². The summed E-state index contributed by atoms with van der Waals surface area (Å²) in [5.41, 5.74) is 4.34. The fourth-order valence-corrected chi connectivity index (χ4v) is 7.22. The number of phenolic OH excluding ortho intramolecular Hbond substituents is 1. The number of hydrogen-bond acceptors (Lipinski definition) is 9. The number of rotatable bonds is 5. The highest BCUT2D eigenvalue weighted by atomic mass is 16.3. The second kappa shape index (κ2) is 9.20. The van der Waals surface area contributed by atoms with Crippen LogP contribution in [0.1, 0.15) is 53.6 Å². The SMILES string of the molecule is CN(C)C1C(O)C(C(N)=O)C(=O)[C@@]2(O)C(O)=C3C(=O)c4c(O)ccc(CNC5CCCC5)c4C[C@H]3C[C@@H]12. The summed E-state index contributed by atoms with van der Waals surface area (Å²) in [6.45, 7) is 0.531.